The van der Waals surface area contributed by atoms with Crippen LogP contribution in [0.2, 0.25) is 0 Å². The van der Waals surface area contributed by atoms with E-state index in [0.717, 1.165) is 22.8 Å². The molecule has 8 heteroatoms. The summed E-state index contributed by atoms with van der Waals surface area (Å²) >= 11 is 0. The maximum Gasteiger partial charge on any atom is 0.416 e. The molecule has 0 amide bonds. The lowest BCUT2D eigenvalue weighted by molar-refractivity contribution is -0.137. The molecule has 1 saturated heterocycles. The summed E-state index contributed by atoms with van der Waals surface area (Å²) < 4.78 is 38.7. The number of fused-ring (bicyclic) bond motifs is 1. The van der Waals surface area contributed by atoms with E-state index in [-0.39, 0.29) is 0 Å². The summed E-state index contributed by atoms with van der Waals surface area (Å²) in [7, 11) is 8.02. The Kier molecular flexibility index (Phi) is 13.1. The van der Waals surface area contributed by atoms with E-state index < -0.39 is 11.7 Å². The van der Waals surface area contributed by atoms with Crippen LogP contribution < -0.4 is 5.32 Å². The largest absolute Gasteiger partial charge is 0.416 e. The predicted octanol–water partition coefficient (Wildman–Crippen LogP) is 6.69. The van der Waals surface area contributed by atoms with Crippen LogP contribution >= 0.6 is 0 Å². The molecule has 3 heterocycles. The van der Waals surface area contributed by atoms with E-state index in [2.05, 4.69) is 53.2 Å². The normalized spacial score (nSPS) is 15.4. The molecule has 36 heavy (non-hydrogen) atoms. The number of pyridine rings is 1. The number of rotatable bonds is 3. The van der Waals surface area contributed by atoms with Crippen molar-refractivity contribution in [2.24, 2.45) is 4.99 Å². The standard InChI is InChI=1S/C17H16F3N3.C5H13N.C4H9N.C2H6/c1-9-6-12(17(18,19)20)7-10(2)15(9)13-5-4-11-8-14(21-3)23-16(11)22-13;1-4-5-6(2)3;1-5-3-2-4-5;1-2/h4-7H,8H2,1-3H3,(H,21,22,23);4-5H2,1-3H3;2-4H2,1H3;1-2H3. The third-order valence-electron chi connectivity index (χ3n) is 5.74. The summed E-state index contributed by atoms with van der Waals surface area (Å²) in [5, 5.41) is 3.13. The number of nitrogens with zero attached hydrogens (tertiary/aromatic N) is 4. The molecule has 0 aliphatic carbocycles. The lowest BCUT2D eigenvalue weighted by Gasteiger charge is -2.24. The van der Waals surface area contributed by atoms with Gasteiger partial charge in [0.05, 0.1) is 11.3 Å². The molecule has 2 aliphatic rings. The van der Waals surface area contributed by atoms with Gasteiger partial charge in [0.25, 0.3) is 0 Å². The first-order chi connectivity index (χ1) is 17.0. The zero-order valence-electron chi connectivity index (χ0n) is 23.5. The second kappa shape index (κ2) is 15.0. The summed E-state index contributed by atoms with van der Waals surface area (Å²) in [4.78, 5) is 13.2. The van der Waals surface area contributed by atoms with E-state index in [4.69, 9.17) is 0 Å². The summed E-state index contributed by atoms with van der Waals surface area (Å²) in [6.45, 7) is 13.4. The Labute approximate surface area is 215 Å². The van der Waals surface area contributed by atoms with Gasteiger partial charge in [-0.2, -0.15) is 13.2 Å². The first kappa shape index (κ1) is 31.6. The summed E-state index contributed by atoms with van der Waals surface area (Å²) in [6, 6.07) is 6.13. The van der Waals surface area contributed by atoms with E-state index >= 15 is 0 Å². The molecule has 0 saturated carbocycles. The molecule has 202 valence electrons. The fourth-order valence-electron chi connectivity index (χ4n) is 3.83. The van der Waals surface area contributed by atoms with Crippen molar-refractivity contribution in [2.75, 3.05) is 53.1 Å². The molecule has 1 fully saturated rings. The van der Waals surface area contributed by atoms with Gasteiger partial charge in [0.15, 0.2) is 0 Å². The van der Waals surface area contributed by atoms with Crippen LogP contribution in [0.3, 0.4) is 0 Å². The first-order valence-electron chi connectivity index (χ1n) is 12.7. The Morgan fingerprint density at radius 2 is 1.64 bits per heavy atom. The van der Waals surface area contributed by atoms with Crippen molar-refractivity contribution in [3.8, 4) is 11.3 Å². The zero-order chi connectivity index (χ0) is 27.5. The minimum atomic E-state index is -4.34. The highest BCUT2D eigenvalue weighted by Crippen LogP contribution is 2.36. The average Bonchev–Trinajstić information content (AvgIpc) is 3.21. The molecule has 1 aromatic carbocycles. The predicted molar refractivity (Wildman–Crippen MR) is 147 cm³/mol. The molecular formula is C28H44F3N5. The van der Waals surface area contributed by atoms with Crippen LogP contribution in [0.5, 0.6) is 0 Å². The van der Waals surface area contributed by atoms with Crippen molar-refractivity contribution in [3.05, 3.63) is 46.5 Å². The van der Waals surface area contributed by atoms with Gasteiger partial charge in [-0.15, -0.1) is 0 Å². The van der Waals surface area contributed by atoms with Gasteiger partial charge in [0.2, 0.25) is 0 Å². The van der Waals surface area contributed by atoms with E-state index in [1.165, 1.54) is 44.6 Å². The van der Waals surface area contributed by atoms with Crippen LogP contribution in [0, 0.1) is 13.8 Å². The molecule has 1 N–H and O–H groups in total. The van der Waals surface area contributed by atoms with Crippen molar-refractivity contribution >= 4 is 11.7 Å². The SMILES string of the molecule is CC.CCCN(C)C.CN1CCC1.CN=C1Cc2ccc(-c3c(C)cc(C(F)(F)F)cc3C)nc2N1. The van der Waals surface area contributed by atoms with Gasteiger partial charge in [-0.3, -0.25) is 4.99 Å². The molecule has 0 radical (unpaired) electrons. The Morgan fingerprint density at radius 1 is 1.08 bits per heavy atom. The van der Waals surface area contributed by atoms with Gasteiger partial charge in [-0.25, -0.2) is 4.98 Å². The number of nitrogens with one attached hydrogen (secondary N) is 1. The van der Waals surface area contributed by atoms with E-state index in [9.17, 15) is 13.2 Å². The fraction of sp³-hybridized carbons (Fsp3) is 0.571. The number of hydrogen-bond acceptors (Lipinski definition) is 4. The van der Waals surface area contributed by atoms with Crippen LogP contribution in [0.25, 0.3) is 11.3 Å². The zero-order valence-corrected chi connectivity index (χ0v) is 23.5. The quantitative estimate of drug-likeness (QED) is 0.503. The number of anilines is 1. The Hall–Kier alpha value is -2.45. The summed E-state index contributed by atoms with van der Waals surface area (Å²) in [5.41, 5.74) is 2.94. The molecular weight excluding hydrogens is 463 g/mol. The van der Waals surface area contributed by atoms with Crippen molar-refractivity contribution < 1.29 is 13.2 Å². The minimum Gasteiger partial charge on any atom is -0.328 e. The molecule has 0 unspecified atom stereocenters. The number of amidine groups is 1. The van der Waals surface area contributed by atoms with Crippen LogP contribution in [0.4, 0.5) is 19.0 Å². The molecule has 4 rings (SSSR count). The number of benzene rings is 1. The summed E-state index contributed by atoms with van der Waals surface area (Å²) in [5.74, 6) is 1.56. The third-order valence-corrected chi connectivity index (χ3v) is 5.74. The van der Waals surface area contributed by atoms with Crippen molar-refractivity contribution in [3.63, 3.8) is 0 Å². The molecule has 0 atom stereocenters. The molecule has 0 spiro atoms. The lowest BCUT2D eigenvalue weighted by atomic mass is 9.96. The summed E-state index contributed by atoms with van der Waals surface area (Å²) in [6.07, 6.45) is -0.971. The number of aromatic nitrogens is 1. The minimum absolute atomic E-state index is 0.562. The number of likely N-dealkylation sites (tertiary alicyclic amines) is 1. The monoisotopic (exact) mass is 507 g/mol. The van der Waals surface area contributed by atoms with Crippen LogP contribution in [-0.4, -0.2) is 68.4 Å². The molecule has 1 aromatic heterocycles. The van der Waals surface area contributed by atoms with Crippen molar-refractivity contribution in [1.82, 2.24) is 14.8 Å². The van der Waals surface area contributed by atoms with Crippen molar-refractivity contribution in [1.29, 1.82) is 0 Å². The smallest absolute Gasteiger partial charge is 0.328 e. The maximum atomic E-state index is 12.9. The fourth-order valence-corrected chi connectivity index (χ4v) is 3.83. The first-order valence-corrected chi connectivity index (χ1v) is 12.7. The van der Waals surface area contributed by atoms with Gasteiger partial charge < -0.3 is 15.1 Å². The lowest BCUT2D eigenvalue weighted by Crippen LogP contribution is -2.32. The molecule has 5 nitrogen and oxygen atoms in total. The highest BCUT2D eigenvalue weighted by atomic mass is 19.4. The molecule has 2 aliphatic heterocycles. The maximum absolute atomic E-state index is 12.9. The second-order valence-corrected chi connectivity index (χ2v) is 9.12. The van der Waals surface area contributed by atoms with Crippen LogP contribution in [0.1, 0.15) is 55.9 Å². The number of alkyl halides is 3. The Balaban J connectivity index is 0.000000410. The van der Waals surface area contributed by atoms with Gasteiger partial charge in [-0.1, -0.05) is 26.8 Å². The van der Waals surface area contributed by atoms with E-state index in [0.29, 0.717) is 23.2 Å². The topological polar surface area (TPSA) is 43.8 Å². The second-order valence-electron chi connectivity index (χ2n) is 9.12. The Morgan fingerprint density at radius 3 is 2.00 bits per heavy atom. The number of hydrogen-bond donors (Lipinski definition) is 1. The highest BCUT2D eigenvalue weighted by Gasteiger charge is 2.31. The van der Waals surface area contributed by atoms with Crippen molar-refractivity contribution in [2.45, 2.75) is 60.1 Å². The third kappa shape index (κ3) is 9.54. The van der Waals surface area contributed by atoms with Crippen LogP contribution in [0.15, 0.2) is 29.3 Å². The number of halogens is 3. The molecule has 2 aromatic rings. The van der Waals surface area contributed by atoms with Gasteiger partial charge in [-0.05, 0) is 96.8 Å². The Bertz CT molecular complexity index is 957. The van der Waals surface area contributed by atoms with E-state index in [1.807, 2.05) is 26.0 Å². The van der Waals surface area contributed by atoms with Gasteiger partial charge in [0.1, 0.15) is 11.7 Å². The highest BCUT2D eigenvalue weighted by molar-refractivity contribution is 6.02. The van der Waals surface area contributed by atoms with Crippen LogP contribution in [-0.2, 0) is 12.6 Å². The average molecular weight is 508 g/mol. The van der Waals surface area contributed by atoms with Gasteiger partial charge >= 0.3 is 6.18 Å². The number of aryl methyl sites for hydroxylation is 2. The number of aliphatic imine (C=N–C) groups is 1. The van der Waals surface area contributed by atoms with E-state index in [1.54, 1.807) is 20.9 Å². The molecule has 0 bridgehead atoms. The van der Waals surface area contributed by atoms with Gasteiger partial charge in [0, 0.05) is 24.6 Å².